The van der Waals surface area contributed by atoms with Crippen LogP contribution in [0.4, 0.5) is 9.93 Å². The molecule has 2 fully saturated rings. The van der Waals surface area contributed by atoms with Crippen molar-refractivity contribution < 1.29 is 14.3 Å². The maximum Gasteiger partial charge on any atom is 0.359 e. The Bertz CT molecular complexity index is 650. The van der Waals surface area contributed by atoms with Gasteiger partial charge in [0.1, 0.15) is 0 Å². The zero-order valence-corrected chi connectivity index (χ0v) is 18.5. The van der Waals surface area contributed by atoms with Crippen molar-refractivity contribution in [2.24, 2.45) is 0 Å². The number of rotatable bonds is 6. The van der Waals surface area contributed by atoms with Crippen LogP contribution < -0.4 is 5.32 Å². The quantitative estimate of drug-likeness (QED) is 0.478. The van der Waals surface area contributed by atoms with Crippen LogP contribution in [0.5, 0.6) is 0 Å². The Morgan fingerprint density at radius 1 is 1.11 bits per heavy atom. The van der Waals surface area contributed by atoms with Gasteiger partial charge in [0.05, 0.1) is 10.8 Å². The first-order valence-corrected chi connectivity index (χ1v) is 12.5. The molecule has 2 saturated carbocycles. The van der Waals surface area contributed by atoms with E-state index in [1.807, 2.05) is 6.26 Å². The second-order valence-corrected chi connectivity index (χ2v) is 9.57. The van der Waals surface area contributed by atoms with Crippen LogP contribution >= 0.6 is 23.1 Å². The molecule has 6 nitrogen and oxygen atoms in total. The number of ether oxygens (including phenoxy) is 1. The lowest BCUT2D eigenvalue weighted by molar-refractivity contribution is 0.0516. The average Bonchev–Trinajstić information content (AvgIpc) is 3.13. The van der Waals surface area contributed by atoms with Gasteiger partial charge in [-0.3, -0.25) is 5.32 Å². The second-order valence-electron chi connectivity index (χ2n) is 7.50. The van der Waals surface area contributed by atoms with Crippen molar-refractivity contribution in [2.75, 3.05) is 18.2 Å². The van der Waals surface area contributed by atoms with E-state index in [1.165, 1.54) is 61.6 Å². The molecule has 8 heteroatoms. The van der Waals surface area contributed by atoms with Crippen LogP contribution in [0.1, 0.15) is 81.6 Å². The van der Waals surface area contributed by atoms with E-state index in [9.17, 15) is 9.59 Å². The van der Waals surface area contributed by atoms with E-state index in [-0.39, 0.29) is 6.03 Å². The number of thioether (sulfide) groups is 1. The fraction of sp³-hybridized carbons (Fsp3) is 0.750. The molecule has 1 heterocycles. The SMILES string of the molecule is CCOC(=O)c1nc(NC(=O)N(C2CCCCC2)C2CCCCC2)sc1SC. The largest absolute Gasteiger partial charge is 0.461 e. The molecule has 0 bridgehead atoms. The van der Waals surface area contributed by atoms with Gasteiger partial charge in [0, 0.05) is 12.1 Å². The molecule has 3 rings (SSSR count). The number of thiazole rings is 1. The molecule has 2 aliphatic carbocycles. The Balaban J connectivity index is 1.76. The Labute approximate surface area is 175 Å². The predicted octanol–water partition coefficient (Wildman–Crippen LogP) is 5.54. The summed E-state index contributed by atoms with van der Waals surface area (Å²) < 4.78 is 5.87. The summed E-state index contributed by atoms with van der Waals surface area (Å²) in [6.45, 7) is 2.08. The molecule has 2 amide bonds. The van der Waals surface area contributed by atoms with Gasteiger partial charge in [0.2, 0.25) is 0 Å². The molecule has 1 aromatic heterocycles. The lowest BCUT2D eigenvalue weighted by Crippen LogP contribution is -2.50. The first-order chi connectivity index (χ1) is 13.6. The van der Waals surface area contributed by atoms with Crippen LogP contribution in [0.15, 0.2) is 4.21 Å². The zero-order chi connectivity index (χ0) is 19.9. The molecule has 1 aromatic rings. The number of hydrogen-bond acceptors (Lipinski definition) is 6. The minimum Gasteiger partial charge on any atom is -0.461 e. The summed E-state index contributed by atoms with van der Waals surface area (Å²) in [6.07, 6.45) is 13.6. The summed E-state index contributed by atoms with van der Waals surface area (Å²) in [6, 6.07) is 0.582. The molecule has 0 unspecified atom stereocenters. The molecule has 2 aliphatic rings. The third-order valence-electron chi connectivity index (χ3n) is 5.63. The summed E-state index contributed by atoms with van der Waals surface area (Å²) >= 11 is 2.80. The van der Waals surface area contributed by atoms with E-state index in [0.717, 1.165) is 29.9 Å². The van der Waals surface area contributed by atoms with Crippen LogP contribution in [0.3, 0.4) is 0 Å². The van der Waals surface area contributed by atoms with Gasteiger partial charge >= 0.3 is 12.0 Å². The number of hydrogen-bond donors (Lipinski definition) is 1. The minimum absolute atomic E-state index is 0.0596. The number of urea groups is 1. The molecule has 0 saturated heterocycles. The lowest BCUT2D eigenvalue weighted by Gasteiger charge is -2.41. The van der Waals surface area contributed by atoms with Gasteiger partial charge in [-0.05, 0) is 38.9 Å². The number of carbonyl (C=O) groups excluding carboxylic acids is 2. The predicted molar refractivity (Wildman–Crippen MR) is 114 cm³/mol. The van der Waals surface area contributed by atoms with E-state index < -0.39 is 5.97 Å². The molecule has 0 aromatic carbocycles. The monoisotopic (exact) mass is 425 g/mol. The molecule has 0 spiro atoms. The van der Waals surface area contributed by atoms with Crippen LogP contribution in [-0.4, -0.2) is 46.8 Å². The summed E-state index contributed by atoms with van der Waals surface area (Å²) in [7, 11) is 0. The first-order valence-electron chi connectivity index (χ1n) is 10.4. The van der Waals surface area contributed by atoms with E-state index >= 15 is 0 Å². The smallest absolute Gasteiger partial charge is 0.359 e. The van der Waals surface area contributed by atoms with Gasteiger partial charge in [-0.15, -0.1) is 11.8 Å². The number of carbonyl (C=O) groups is 2. The Morgan fingerprint density at radius 2 is 1.68 bits per heavy atom. The number of aromatic nitrogens is 1. The summed E-state index contributed by atoms with van der Waals surface area (Å²) in [4.78, 5) is 31.9. The van der Waals surface area contributed by atoms with E-state index in [1.54, 1.807) is 6.92 Å². The number of nitrogens with one attached hydrogen (secondary N) is 1. The van der Waals surface area contributed by atoms with Gasteiger partial charge in [-0.25, -0.2) is 14.6 Å². The molecule has 1 N–H and O–H groups in total. The van der Waals surface area contributed by atoms with Crippen molar-refractivity contribution in [2.45, 2.75) is 87.4 Å². The Kier molecular flexibility index (Phi) is 8.02. The highest BCUT2D eigenvalue weighted by Gasteiger charge is 2.33. The summed E-state index contributed by atoms with van der Waals surface area (Å²) in [5.74, 6) is -0.431. The zero-order valence-electron chi connectivity index (χ0n) is 16.9. The molecule has 28 heavy (non-hydrogen) atoms. The first kappa shape index (κ1) is 21.4. The highest BCUT2D eigenvalue weighted by atomic mass is 32.2. The Morgan fingerprint density at radius 3 is 2.18 bits per heavy atom. The lowest BCUT2D eigenvalue weighted by atomic mass is 9.89. The van der Waals surface area contributed by atoms with E-state index in [2.05, 4.69) is 15.2 Å². The van der Waals surface area contributed by atoms with Crippen molar-refractivity contribution in [3.63, 3.8) is 0 Å². The van der Waals surface area contributed by atoms with E-state index in [0.29, 0.717) is 29.5 Å². The van der Waals surface area contributed by atoms with Crippen molar-refractivity contribution >= 4 is 40.2 Å². The normalized spacial score (nSPS) is 18.6. The van der Waals surface area contributed by atoms with Crippen molar-refractivity contribution in [1.82, 2.24) is 9.88 Å². The molecular weight excluding hydrogens is 394 g/mol. The number of nitrogens with zero attached hydrogens (tertiary/aromatic N) is 2. The highest BCUT2D eigenvalue weighted by molar-refractivity contribution is 8.00. The van der Waals surface area contributed by atoms with Crippen LogP contribution in [0.2, 0.25) is 0 Å². The highest BCUT2D eigenvalue weighted by Crippen LogP contribution is 2.34. The topological polar surface area (TPSA) is 71.5 Å². The summed E-state index contributed by atoms with van der Waals surface area (Å²) in [5, 5.41) is 3.48. The standard InChI is InChI=1S/C20H31N3O3S2/c1-3-26-17(24)16-18(27-2)28-19(21-16)22-20(25)23(14-10-6-4-7-11-14)15-12-8-5-9-13-15/h14-15H,3-13H2,1-2H3,(H,21,22,25). The third-order valence-corrected chi connectivity index (χ3v) is 7.71. The number of esters is 1. The van der Waals surface area contributed by atoms with Crippen molar-refractivity contribution in [3.8, 4) is 0 Å². The van der Waals surface area contributed by atoms with Gasteiger partial charge in [-0.2, -0.15) is 0 Å². The minimum atomic E-state index is -0.431. The number of amides is 2. The van der Waals surface area contributed by atoms with Crippen molar-refractivity contribution in [1.29, 1.82) is 0 Å². The fourth-order valence-corrected chi connectivity index (χ4v) is 5.90. The van der Waals surface area contributed by atoms with Gasteiger partial charge in [0.25, 0.3) is 0 Å². The fourth-order valence-electron chi connectivity index (χ4n) is 4.33. The molecule has 0 atom stereocenters. The maximum absolute atomic E-state index is 13.3. The van der Waals surface area contributed by atoms with Crippen LogP contribution in [-0.2, 0) is 4.74 Å². The van der Waals surface area contributed by atoms with Crippen molar-refractivity contribution in [3.05, 3.63) is 5.69 Å². The van der Waals surface area contributed by atoms with Crippen LogP contribution in [0, 0.1) is 0 Å². The summed E-state index contributed by atoms with van der Waals surface area (Å²) in [5.41, 5.74) is 0.302. The number of anilines is 1. The second kappa shape index (κ2) is 10.5. The molecule has 0 aliphatic heterocycles. The maximum atomic E-state index is 13.3. The van der Waals surface area contributed by atoms with Gasteiger partial charge < -0.3 is 9.64 Å². The molecule has 0 radical (unpaired) electrons. The Hall–Kier alpha value is -1.28. The molecular formula is C20H31N3O3S2. The average molecular weight is 426 g/mol. The van der Waals surface area contributed by atoms with Gasteiger partial charge in [-0.1, -0.05) is 49.9 Å². The third kappa shape index (κ3) is 5.20. The van der Waals surface area contributed by atoms with Gasteiger partial charge in [0.15, 0.2) is 10.8 Å². The van der Waals surface area contributed by atoms with Crippen LogP contribution in [0.25, 0.3) is 0 Å². The van der Waals surface area contributed by atoms with E-state index in [4.69, 9.17) is 4.74 Å². The molecule has 156 valence electrons.